The summed E-state index contributed by atoms with van der Waals surface area (Å²) in [4.78, 5) is 45.0. The maximum atomic E-state index is 13.3. The number of aromatic hydroxyl groups is 1. The third-order valence-corrected chi connectivity index (χ3v) is 10.8. The van der Waals surface area contributed by atoms with E-state index in [4.69, 9.17) is 9.47 Å². The third-order valence-electron chi connectivity index (χ3n) is 10.8. The van der Waals surface area contributed by atoms with Crippen LogP contribution in [-0.4, -0.2) is 89.4 Å². The van der Waals surface area contributed by atoms with Gasteiger partial charge in [-0.3, -0.25) is 14.5 Å². The summed E-state index contributed by atoms with van der Waals surface area (Å²) >= 11 is 0. The van der Waals surface area contributed by atoms with E-state index in [-0.39, 0.29) is 36.5 Å². The number of fused-ring (bicyclic) bond motifs is 4. The number of benzene rings is 4. The molecule has 2 amide bonds. The van der Waals surface area contributed by atoms with Crippen LogP contribution in [0.1, 0.15) is 64.0 Å². The number of rotatable bonds is 15. The number of phenolic OH excluding ortho intramolecular Hbond substituents is 1. The lowest BCUT2D eigenvalue weighted by Gasteiger charge is -2.43. The molecule has 1 aromatic heterocycles. The van der Waals surface area contributed by atoms with Crippen molar-refractivity contribution in [2.45, 2.75) is 44.1 Å². The highest BCUT2D eigenvalue weighted by molar-refractivity contribution is 5.94. The number of H-pyrrole nitrogens is 1. The van der Waals surface area contributed by atoms with Gasteiger partial charge >= 0.3 is 6.09 Å². The molecule has 5 aromatic rings. The maximum absolute atomic E-state index is 13.3. The van der Waals surface area contributed by atoms with Crippen molar-refractivity contribution in [2.24, 2.45) is 5.92 Å². The molecule has 0 radical (unpaired) electrons. The number of aliphatic hydroxyl groups excluding tert-OH is 1. The van der Waals surface area contributed by atoms with Gasteiger partial charge in [-0.05, 0) is 103 Å². The van der Waals surface area contributed by atoms with Crippen molar-refractivity contribution in [3.05, 3.63) is 141 Å². The molecule has 12 heteroatoms. The Bertz CT molecular complexity index is 2190. The van der Waals surface area contributed by atoms with Crippen LogP contribution in [0.15, 0.2) is 108 Å². The van der Waals surface area contributed by atoms with Crippen molar-refractivity contribution in [3.63, 3.8) is 0 Å². The summed E-state index contributed by atoms with van der Waals surface area (Å²) in [6.45, 7) is 4.52. The fourth-order valence-electron chi connectivity index (χ4n) is 7.74. The molecule has 292 valence electrons. The summed E-state index contributed by atoms with van der Waals surface area (Å²) in [5.41, 5.74) is 3.74. The minimum absolute atomic E-state index is 0.0568. The molecule has 4 heterocycles. The van der Waals surface area contributed by atoms with Crippen LogP contribution in [0.5, 0.6) is 11.5 Å². The smallest absolute Gasteiger partial charge is 0.408 e. The first kappa shape index (κ1) is 38.6. The Balaban J connectivity index is 0.904. The van der Waals surface area contributed by atoms with Gasteiger partial charge in [0.05, 0.1) is 17.7 Å². The number of nitrogens with zero attached hydrogens (tertiary/aromatic N) is 2. The molecule has 3 fully saturated rings. The Morgan fingerprint density at radius 1 is 0.946 bits per heavy atom. The largest absolute Gasteiger partial charge is 0.506 e. The molecule has 2 bridgehead atoms. The van der Waals surface area contributed by atoms with Crippen molar-refractivity contribution >= 4 is 22.9 Å². The van der Waals surface area contributed by atoms with E-state index in [0.29, 0.717) is 53.2 Å². The van der Waals surface area contributed by atoms with Gasteiger partial charge in [-0.25, -0.2) is 4.79 Å². The van der Waals surface area contributed by atoms with Gasteiger partial charge in [-0.2, -0.15) is 0 Å². The molecular weight excluding hydrogens is 711 g/mol. The van der Waals surface area contributed by atoms with Crippen LogP contribution in [0.25, 0.3) is 10.9 Å². The summed E-state index contributed by atoms with van der Waals surface area (Å²) in [5.74, 6) is 0.882. The van der Waals surface area contributed by atoms with Gasteiger partial charge in [-0.1, -0.05) is 60.7 Å². The zero-order chi connectivity index (χ0) is 39.0. The van der Waals surface area contributed by atoms with E-state index in [1.54, 1.807) is 30.1 Å². The van der Waals surface area contributed by atoms with Crippen LogP contribution < -0.4 is 20.9 Å². The summed E-state index contributed by atoms with van der Waals surface area (Å²) in [6, 6.07) is 30.5. The molecule has 8 rings (SSSR count). The van der Waals surface area contributed by atoms with Crippen LogP contribution in [0.3, 0.4) is 0 Å². The molecule has 3 aliphatic rings. The van der Waals surface area contributed by atoms with E-state index in [2.05, 4.69) is 20.5 Å². The fourth-order valence-corrected chi connectivity index (χ4v) is 7.74. The normalized spacial score (nSPS) is 18.6. The number of amides is 2. The van der Waals surface area contributed by atoms with Gasteiger partial charge in [0.15, 0.2) is 0 Å². The number of ether oxygens (including phenoxy) is 2. The van der Waals surface area contributed by atoms with Crippen molar-refractivity contribution in [2.75, 3.05) is 46.3 Å². The van der Waals surface area contributed by atoms with E-state index in [1.807, 2.05) is 72.8 Å². The number of aromatic amines is 1. The Hall–Kier alpha value is -5.69. The molecular formula is C44H49N5O7. The lowest BCUT2D eigenvalue weighted by molar-refractivity contribution is -0.0336. The standard InChI is InChI=1S/C44H49N5O7/c1-48(21-7-20-45-26-38(51)35-14-16-37(50)42-36(35)15-17-40(52)46-42)43(53)33-12-5-8-29(24-33)28-55-34-13-6-11-32(25-34)41(31-9-3-2-4-10-31)47-44(54)56-39-27-49-22-18-30(39)19-23-49/h2-6,8-17,24-25,30,38-39,41,45,50-51H,7,18-23,26-28H2,1H3,(H,46,52)(H,47,54)/t38?,39?,41-/m0/s1. The fraction of sp³-hybridized carbons (Fsp3) is 0.341. The molecule has 5 N–H and O–H groups in total. The summed E-state index contributed by atoms with van der Waals surface area (Å²) in [5, 5.41) is 27.9. The number of carbonyl (C=O) groups is 2. The molecule has 4 aromatic carbocycles. The average molecular weight is 760 g/mol. The monoisotopic (exact) mass is 759 g/mol. The van der Waals surface area contributed by atoms with E-state index in [0.717, 1.165) is 49.2 Å². The van der Waals surface area contributed by atoms with E-state index >= 15 is 0 Å². The highest BCUT2D eigenvalue weighted by Gasteiger charge is 2.37. The molecule has 0 saturated carbocycles. The number of hydrogen-bond donors (Lipinski definition) is 5. The molecule has 3 atom stereocenters. The number of phenols is 1. The second-order valence-electron chi connectivity index (χ2n) is 14.7. The van der Waals surface area contributed by atoms with Crippen LogP contribution in [0, 0.1) is 5.92 Å². The van der Waals surface area contributed by atoms with Gasteiger partial charge < -0.3 is 40.2 Å². The molecule has 0 aliphatic carbocycles. The number of alkyl carbamates (subject to hydrolysis) is 1. The number of pyridine rings is 1. The second kappa shape index (κ2) is 17.8. The number of piperidine rings is 3. The quantitative estimate of drug-likeness (QED) is 0.0870. The van der Waals surface area contributed by atoms with Crippen molar-refractivity contribution in [1.29, 1.82) is 0 Å². The predicted molar refractivity (Wildman–Crippen MR) is 214 cm³/mol. The predicted octanol–water partition coefficient (Wildman–Crippen LogP) is 5.51. The molecule has 0 spiro atoms. The lowest BCUT2D eigenvalue weighted by Crippen LogP contribution is -2.52. The topological polar surface area (TPSA) is 156 Å². The number of aromatic nitrogens is 1. The van der Waals surface area contributed by atoms with E-state index in [9.17, 15) is 24.6 Å². The summed E-state index contributed by atoms with van der Waals surface area (Å²) in [7, 11) is 1.76. The third kappa shape index (κ3) is 9.39. The van der Waals surface area contributed by atoms with Crippen molar-refractivity contribution < 1.29 is 29.3 Å². The van der Waals surface area contributed by atoms with Gasteiger partial charge in [0.1, 0.15) is 24.2 Å². The van der Waals surface area contributed by atoms with Crippen LogP contribution in [0.4, 0.5) is 4.79 Å². The van der Waals surface area contributed by atoms with Crippen molar-refractivity contribution in [1.82, 2.24) is 25.4 Å². The summed E-state index contributed by atoms with van der Waals surface area (Å²) in [6.07, 6.45) is 1.41. The Morgan fingerprint density at radius 3 is 2.52 bits per heavy atom. The number of nitrogens with one attached hydrogen (secondary N) is 3. The highest BCUT2D eigenvalue weighted by atomic mass is 16.6. The molecule has 56 heavy (non-hydrogen) atoms. The Kier molecular flexibility index (Phi) is 12.3. The van der Waals surface area contributed by atoms with Gasteiger partial charge in [-0.15, -0.1) is 0 Å². The van der Waals surface area contributed by atoms with Gasteiger partial charge in [0.25, 0.3) is 5.91 Å². The first-order valence-corrected chi connectivity index (χ1v) is 19.3. The van der Waals surface area contributed by atoms with Crippen LogP contribution in [0.2, 0.25) is 0 Å². The zero-order valence-corrected chi connectivity index (χ0v) is 31.5. The van der Waals surface area contributed by atoms with Gasteiger partial charge in [0, 0.05) is 43.7 Å². The van der Waals surface area contributed by atoms with Crippen LogP contribution >= 0.6 is 0 Å². The van der Waals surface area contributed by atoms with Gasteiger partial charge in [0.2, 0.25) is 5.56 Å². The zero-order valence-electron chi connectivity index (χ0n) is 31.5. The summed E-state index contributed by atoms with van der Waals surface area (Å²) < 4.78 is 12.2. The van der Waals surface area contributed by atoms with E-state index in [1.165, 1.54) is 12.1 Å². The average Bonchev–Trinajstić information content (AvgIpc) is 3.22. The van der Waals surface area contributed by atoms with Crippen molar-refractivity contribution in [3.8, 4) is 11.5 Å². The molecule has 3 saturated heterocycles. The SMILES string of the molecule is CN(CCCNCC(O)c1ccc(O)c2[nH]c(=O)ccc12)C(=O)c1cccc(COc2cccc([C@@H](NC(=O)OC3CN4CCC3CC4)c3ccccc3)c2)c1. The first-order chi connectivity index (χ1) is 27.2. The molecule has 2 unspecified atom stereocenters. The number of carbonyl (C=O) groups excluding carboxylic acids is 2. The maximum Gasteiger partial charge on any atom is 0.408 e. The lowest BCUT2D eigenvalue weighted by atomic mass is 9.86. The minimum atomic E-state index is -0.860. The Morgan fingerprint density at radius 2 is 1.73 bits per heavy atom. The van der Waals surface area contributed by atoms with Crippen LogP contribution in [-0.2, 0) is 11.3 Å². The van der Waals surface area contributed by atoms with E-state index < -0.39 is 18.2 Å². The minimum Gasteiger partial charge on any atom is -0.506 e. The second-order valence-corrected chi connectivity index (χ2v) is 14.7. The molecule has 3 aliphatic heterocycles. The number of hydrogen-bond acceptors (Lipinski definition) is 9. The first-order valence-electron chi connectivity index (χ1n) is 19.3. The number of aliphatic hydroxyl groups is 1. The highest BCUT2D eigenvalue weighted by Crippen LogP contribution is 2.31. The Labute approximate surface area is 326 Å². The molecule has 12 nitrogen and oxygen atoms in total.